The van der Waals surface area contributed by atoms with Crippen LogP contribution < -0.4 is 0 Å². The molecule has 166 valence electrons. The molecule has 0 aliphatic heterocycles. The molecule has 7 aromatic rings. The van der Waals surface area contributed by atoms with Gasteiger partial charge in [0.15, 0.2) is 0 Å². The van der Waals surface area contributed by atoms with Gasteiger partial charge < -0.3 is 9.13 Å². The number of fused-ring (bicyclic) bond motifs is 6. The van der Waals surface area contributed by atoms with Crippen LogP contribution >= 0.6 is 0 Å². The number of benzene rings is 5. The first-order valence-electron chi connectivity index (χ1n) is 11.7. The zero-order valence-electron chi connectivity index (χ0n) is 19.2. The van der Waals surface area contributed by atoms with E-state index in [-0.39, 0.29) is 0 Å². The Morgan fingerprint density at radius 2 is 0.861 bits per heavy atom. The van der Waals surface area contributed by atoms with E-state index in [0.29, 0.717) is 11.1 Å². The first-order chi connectivity index (χ1) is 17.8. The van der Waals surface area contributed by atoms with E-state index in [1.807, 2.05) is 48.5 Å². The Kier molecular flexibility index (Phi) is 4.24. The maximum atomic E-state index is 9.82. The number of nitriles is 2. The van der Waals surface area contributed by atoms with Gasteiger partial charge in [-0.1, -0.05) is 54.6 Å². The zero-order valence-corrected chi connectivity index (χ0v) is 19.2. The van der Waals surface area contributed by atoms with Crippen LogP contribution in [0.2, 0.25) is 0 Å². The quantitative estimate of drug-likeness (QED) is 0.267. The summed E-state index contributed by atoms with van der Waals surface area (Å²) in [6, 6.07) is 41.3. The van der Waals surface area contributed by atoms with Crippen molar-refractivity contribution in [3.8, 4) is 23.5 Å². The minimum Gasteiger partial charge on any atom is -0.307 e. The summed E-state index contributed by atoms with van der Waals surface area (Å²) in [5.41, 5.74) is 7.35. The third-order valence-corrected chi connectivity index (χ3v) is 6.97. The van der Waals surface area contributed by atoms with Crippen molar-refractivity contribution in [3.63, 3.8) is 0 Å². The van der Waals surface area contributed by atoms with Gasteiger partial charge in [-0.05, 0) is 54.6 Å². The van der Waals surface area contributed by atoms with Crippen molar-refractivity contribution in [2.75, 3.05) is 0 Å². The highest BCUT2D eigenvalue weighted by Gasteiger charge is 2.19. The van der Waals surface area contributed by atoms with Crippen molar-refractivity contribution in [2.24, 2.45) is 0 Å². The molecule has 2 aromatic heterocycles. The number of para-hydroxylation sites is 3. The van der Waals surface area contributed by atoms with E-state index in [9.17, 15) is 10.5 Å². The molecule has 4 heteroatoms. The Labute approximate surface area is 207 Å². The van der Waals surface area contributed by atoms with E-state index in [1.165, 1.54) is 10.8 Å². The van der Waals surface area contributed by atoms with Crippen molar-refractivity contribution in [1.29, 1.82) is 10.5 Å². The number of aromatic nitrogens is 2. The molecule has 0 saturated carbocycles. The van der Waals surface area contributed by atoms with Gasteiger partial charge in [-0.15, -0.1) is 0 Å². The molecule has 0 aliphatic carbocycles. The smallest absolute Gasteiger partial charge is 0.0992 e. The van der Waals surface area contributed by atoms with Crippen LogP contribution in [-0.4, -0.2) is 9.13 Å². The lowest BCUT2D eigenvalue weighted by Crippen LogP contribution is -2.04. The van der Waals surface area contributed by atoms with E-state index in [0.717, 1.165) is 44.2 Å². The molecule has 0 spiro atoms. The Morgan fingerprint density at radius 3 is 1.44 bits per heavy atom. The molecule has 0 bridgehead atoms. The van der Waals surface area contributed by atoms with Crippen molar-refractivity contribution in [2.45, 2.75) is 0 Å². The second-order valence-electron chi connectivity index (χ2n) is 8.88. The van der Waals surface area contributed by atoms with Gasteiger partial charge in [0, 0.05) is 21.5 Å². The third-order valence-electron chi connectivity index (χ3n) is 6.97. The van der Waals surface area contributed by atoms with E-state index in [2.05, 4.69) is 81.9 Å². The van der Waals surface area contributed by atoms with Crippen molar-refractivity contribution < 1.29 is 0 Å². The highest BCUT2D eigenvalue weighted by atomic mass is 15.1. The van der Waals surface area contributed by atoms with E-state index in [4.69, 9.17) is 0 Å². The molecular formula is C32H18N4. The molecule has 5 aromatic carbocycles. The van der Waals surface area contributed by atoms with Crippen LogP contribution in [0.1, 0.15) is 11.1 Å². The number of hydrogen-bond acceptors (Lipinski definition) is 2. The van der Waals surface area contributed by atoms with Crippen LogP contribution in [0.5, 0.6) is 0 Å². The minimum atomic E-state index is 0.592. The first kappa shape index (κ1) is 20.1. The molecule has 0 saturated heterocycles. The van der Waals surface area contributed by atoms with Crippen molar-refractivity contribution in [1.82, 2.24) is 9.13 Å². The van der Waals surface area contributed by atoms with E-state index in [1.54, 1.807) is 0 Å². The van der Waals surface area contributed by atoms with Crippen LogP contribution in [-0.2, 0) is 0 Å². The van der Waals surface area contributed by atoms with Crippen LogP contribution in [0, 0.1) is 22.7 Å². The van der Waals surface area contributed by atoms with Gasteiger partial charge in [0.2, 0.25) is 0 Å². The standard InChI is InChI=1S/C32H18N4/c33-19-21-13-15-30-26(17-21)25-9-3-6-12-29(25)36(30)32-18-22(20-34)14-16-31(32)35-27-10-4-1-7-23(27)24-8-2-5-11-28(24)35/h1-18H. The molecule has 0 N–H and O–H groups in total. The van der Waals surface area contributed by atoms with Crippen molar-refractivity contribution in [3.05, 3.63) is 120 Å². The summed E-state index contributed by atoms with van der Waals surface area (Å²) < 4.78 is 4.50. The lowest BCUT2D eigenvalue weighted by Gasteiger charge is -2.17. The fourth-order valence-corrected chi connectivity index (χ4v) is 5.45. The average molecular weight is 459 g/mol. The summed E-state index contributed by atoms with van der Waals surface area (Å²) >= 11 is 0. The Balaban J connectivity index is 1.67. The second kappa shape index (κ2) is 7.60. The Morgan fingerprint density at radius 1 is 0.417 bits per heavy atom. The summed E-state index contributed by atoms with van der Waals surface area (Å²) in [7, 11) is 0. The zero-order chi connectivity index (χ0) is 24.2. The number of rotatable bonds is 2. The molecule has 0 atom stereocenters. The van der Waals surface area contributed by atoms with Crippen LogP contribution in [0.4, 0.5) is 0 Å². The Bertz CT molecular complexity index is 2020. The number of nitrogens with zero attached hydrogens (tertiary/aromatic N) is 4. The average Bonchev–Trinajstić information content (AvgIpc) is 3.45. The fraction of sp³-hybridized carbons (Fsp3) is 0. The molecule has 0 fully saturated rings. The lowest BCUT2D eigenvalue weighted by atomic mass is 10.1. The van der Waals surface area contributed by atoms with E-state index >= 15 is 0 Å². The maximum Gasteiger partial charge on any atom is 0.0992 e. The molecule has 2 heterocycles. The summed E-state index contributed by atoms with van der Waals surface area (Å²) in [5, 5.41) is 23.8. The summed E-state index contributed by atoms with van der Waals surface area (Å²) in [6.07, 6.45) is 0. The number of hydrogen-bond donors (Lipinski definition) is 0. The topological polar surface area (TPSA) is 57.4 Å². The van der Waals surface area contributed by atoms with Crippen LogP contribution in [0.15, 0.2) is 109 Å². The van der Waals surface area contributed by atoms with Gasteiger partial charge in [-0.25, -0.2) is 0 Å². The molecular weight excluding hydrogens is 440 g/mol. The lowest BCUT2D eigenvalue weighted by molar-refractivity contribution is 1.09. The van der Waals surface area contributed by atoms with Crippen molar-refractivity contribution >= 4 is 43.6 Å². The molecule has 36 heavy (non-hydrogen) atoms. The normalized spacial score (nSPS) is 11.3. The molecule has 0 radical (unpaired) electrons. The molecule has 7 rings (SSSR count). The SMILES string of the molecule is N#Cc1ccc(-n2c3ccccc3c3ccccc32)c(-n2c3ccccc3c3cc(C#N)ccc32)c1. The largest absolute Gasteiger partial charge is 0.307 e. The molecule has 0 aliphatic rings. The van der Waals surface area contributed by atoms with Gasteiger partial charge >= 0.3 is 0 Å². The van der Waals surface area contributed by atoms with Crippen LogP contribution in [0.25, 0.3) is 55.0 Å². The fourth-order valence-electron chi connectivity index (χ4n) is 5.45. The molecule has 4 nitrogen and oxygen atoms in total. The summed E-state index contributed by atoms with van der Waals surface area (Å²) in [5.74, 6) is 0. The highest BCUT2D eigenvalue weighted by Crippen LogP contribution is 2.38. The first-order valence-corrected chi connectivity index (χ1v) is 11.7. The van der Waals surface area contributed by atoms with E-state index < -0.39 is 0 Å². The summed E-state index contributed by atoms with van der Waals surface area (Å²) in [6.45, 7) is 0. The predicted octanol–water partition coefficient (Wildman–Crippen LogP) is 7.62. The Hall–Kier alpha value is -5.32. The highest BCUT2D eigenvalue weighted by molar-refractivity contribution is 6.11. The molecule has 0 amide bonds. The monoisotopic (exact) mass is 458 g/mol. The molecule has 0 unspecified atom stereocenters. The van der Waals surface area contributed by atoms with Crippen LogP contribution in [0.3, 0.4) is 0 Å². The summed E-state index contributed by atoms with van der Waals surface area (Å²) in [4.78, 5) is 0. The predicted molar refractivity (Wildman–Crippen MR) is 145 cm³/mol. The van der Waals surface area contributed by atoms with Gasteiger partial charge in [0.05, 0.1) is 56.7 Å². The van der Waals surface area contributed by atoms with Gasteiger partial charge in [0.1, 0.15) is 0 Å². The third kappa shape index (κ3) is 2.73. The minimum absolute atomic E-state index is 0.592. The maximum absolute atomic E-state index is 9.82. The van der Waals surface area contributed by atoms with Gasteiger partial charge in [-0.3, -0.25) is 0 Å². The van der Waals surface area contributed by atoms with Gasteiger partial charge in [0.25, 0.3) is 0 Å². The van der Waals surface area contributed by atoms with Gasteiger partial charge in [-0.2, -0.15) is 10.5 Å². The second-order valence-corrected chi connectivity index (χ2v) is 8.88.